The number of aromatic nitrogens is 2. The summed E-state index contributed by atoms with van der Waals surface area (Å²) in [4.78, 5) is 32.8. The van der Waals surface area contributed by atoms with Gasteiger partial charge in [-0.25, -0.2) is 9.97 Å². The molecule has 0 aliphatic carbocycles. The van der Waals surface area contributed by atoms with Crippen LogP contribution in [0.25, 0.3) is 0 Å². The molecule has 0 bridgehead atoms. The number of amides is 1. The zero-order valence-electron chi connectivity index (χ0n) is 11.4. The van der Waals surface area contributed by atoms with E-state index in [4.69, 9.17) is 0 Å². The molecule has 1 aliphatic heterocycles. The van der Waals surface area contributed by atoms with Gasteiger partial charge in [0.2, 0.25) is 11.9 Å². The Labute approximate surface area is 112 Å². The molecule has 1 aromatic heterocycles. The Balaban J connectivity index is 2.06. The van der Waals surface area contributed by atoms with Gasteiger partial charge in [0, 0.05) is 32.3 Å². The average molecular weight is 262 g/mol. The van der Waals surface area contributed by atoms with Gasteiger partial charge in [-0.2, -0.15) is 0 Å². The van der Waals surface area contributed by atoms with Crippen LogP contribution in [0, 0.1) is 6.92 Å². The molecule has 2 heterocycles. The van der Waals surface area contributed by atoms with Gasteiger partial charge in [-0.15, -0.1) is 0 Å². The van der Waals surface area contributed by atoms with E-state index >= 15 is 0 Å². The summed E-state index contributed by atoms with van der Waals surface area (Å²) in [5.74, 6) is 0.643. The van der Waals surface area contributed by atoms with E-state index in [1.807, 2.05) is 0 Å². The lowest BCUT2D eigenvalue weighted by atomic mass is 10.1. The lowest BCUT2D eigenvalue weighted by Gasteiger charge is -2.30. The van der Waals surface area contributed by atoms with E-state index in [1.54, 1.807) is 25.1 Å². The molecule has 1 amide bonds. The molecule has 2 rings (SSSR count). The van der Waals surface area contributed by atoms with E-state index < -0.39 is 0 Å². The first-order chi connectivity index (χ1) is 8.97. The van der Waals surface area contributed by atoms with Gasteiger partial charge in [0.15, 0.2) is 5.78 Å². The number of rotatable bonds is 3. The summed E-state index contributed by atoms with van der Waals surface area (Å²) < 4.78 is 0. The highest BCUT2D eigenvalue weighted by Gasteiger charge is 2.23. The number of aryl methyl sites for hydroxylation is 1. The summed E-state index contributed by atoms with van der Waals surface area (Å²) in [6.07, 6.45) is 2.86. The van der Waals surface area contributed by atoms with Crippen LogP contribution >= 0.6 is 0 Å². The van der Waals surface area contributed by atoms with Crippen molar-refractivity contribution >= 4 is 17.6 Å². The fourth-order valence-electron chi connectivity index (χ4n) is 2.19. The molecule has 1 aromatic rings. The first-order valence-corrected chi connectivity index (χ1v) is 6.32. The minimum absolute atomic E-state index is 0.0351. The number of nitrogens with one attached hydrogen (secondary N) is 1. The second-order valence-corrected chi connectivity index (χ2v) is 4.90. The van der Waals surface area contributed by atoms with Crippen LogP contribution in [0.15, 0.2) is 6.20 Å². The molecule has 0 radical (unpaired) electrons. The maximum Gasteiger partial charge on any atom is 0.223 e. The van der Waals surface area contributed by atoms with Gasteiger partial charge in [-0.3, -0.25) is 9.59 Å². The Bertz CT molecular complexity index is 515. The highest BCUT2D eigenvalue weighted by atomic mass is 16.2. The third kappa shape index (κ3) is 3.07. The van der Waals surface area contributed by atoms with Crippen LogP contribution in [-0.4, -0.2) is 46.2 Å². The third-order valence-corrected chi connectivity index (χ3v) is 3.32. The number of likely N-dealkylation sites (N-methyl/N-ethyl adjacent to an activating group) is 1. The number of anilines is 1. The number of hydrogen-bond acceptors (Lipinski definition) is 5. The predicted molar refractivity (Wildman–Crippen MR) is 71.1 cm³/mol. The van der Waals surface area contributed by atoms with E-state index in [1.165, 1.54) is 6.92 Å². The lowest BCUT2D eigenvalue weighted by Crippen LogP contribution is -2.43. The molecule has 1 aliphatic rings. The maximum absolute atomic E-state index is 11.4. The van der Waals surface area contributed by atoms with Gasteiger partial charge in [-0.05, 0) is 20.3 Å². The summed E-state index contributed by atoms with van der Waals surface area (Å²) in [6.45, 7) is 3.94. The number of nitrogens with zero attached hydrogens (tertiary/aromatic N) is 3. The lowest BCUT2D eigenvalue weighted by molar-refractivity contribution is -0.132. The van der Waals surface area contributed by atoms with Crippen molar-refractivity contribution in [2.75, 3.05) is 18.9 Å². The van der Waals surface area contributed by atoms with Crippen molar-refractivity contribution in [3.8, 4) is 0 Å². The van der Waals surface area contributed by atoms with E-state index in [0.29, 0.717) is 30.2 Å². The van der Waals surface area contributed by atoms with Crippen molar-refractivity contribution in [1.29, 1.82) is 0 Å². The molecule has 1 fully saturated rings. The Morgan fingerprint density at radius 1 is 1.53 bits per heavy atom. The molecular formula is C13H18N4O2. The summed E-state index contributed by atoms with van der Waals surface area (Å²) in [5, 5.41) is 3.21. The molecule has 0 aromatic carbocycles. The molecule has 1 saturated heterocycles. The van der Waals surface area contributed by atoms with Gasteiger partial charge in [0.1, 0.15) is 0 Å². The highest BCUT2D eigenvalue weighted by molar-refractivity contribution is 5.94. The summed E-state index contributed by atoms with van der Waals surface area (Å²) >= 11 is 0. The number of carbonyl (C=O) groups excluding carboxylic acids is 2. The number of hydrogen-bond donors (Lipinski definition) is 1. The van der Waals surface area contributed by atoms with Gasteiger partial charge in [0.05, 0.1) is 11.3 Å². The van der Waals surface area contributed by atoms with E-state index in [9.17, 15) is 9.59 Å². The van der Waals surface area contributed by atoms with Crippen molar-refractivity contribution in [2.45, 2.75) is 32.7 Å². The normalized spacial score (nSPS) is 19.4. The van der Waals surface area contributed by atoms with Crippen LogP contribution in [0.5, 0.6) is 0 Å². The second-order valence-electron chi connectivity index (χ2n) is 4.90. The van der Waals surface area contributed by atoms with Crippen LogP contribution in [0.3, 0.4) is 0 Å². The van der Waals surface area contributed by atoms with Crippen LogP contribution in [0.1, 0.15) is 35.8 Å². The Kier molecular flexibility index (Phi) is 3.78. The quantitative estimate of drug-likeness (QED) is 0.823. The summed E-state index contributed by atoms with van der Waals surface area (Å²) in [7, 11) is 1.79. The monoisotopic (exact) mass is 262 g/mol. The number of ketones is 1. The molecule has 0 spiro atoms. The standard InChI is InChI=1S/C13H18N4O2/c1-8-11(9(2)18)6-14-13(15-8)16-10-4-5-12(19)17(3)7-10/h6,10H,4-5,7H2,1-3H3,(H,14,15,16). The van der Waals surface area contributed by atoms with E-state index in [-0.39, 0.29) is 17.7 Å². The average Bonchev–Trinajstić information content (AvgIpc) is 2.33. The molecule has 0 saturated carbocycles. The number of carbonyl (C=O) groups is 2. The molecule has 1 atom stereocenters. The number of Topliss-reactive ketones (excluding diaryl/α,β-unsaturated/α-hetero) is 1. The number of piperidine rings is 1. The van der Waals surface area contributed by atoms with Crippen LogP contribution < -0.4 is 5.32 Å². The fraction of sp³-hybridized carbons (Fsp3) is 0.538. The highest BCUT2D eigenvalue weighted by Crippen LogP contribution is 2.14. The SMILES string of the molecule is CC(=O)c1cnc(NC2CCC(=O)N(C)C2)nc1C. The number of likely N-dealkylation sites (tertiary alicyclic amines) is 1. The van der Waals surface area contributed by atoms with Gasteiger partial charge >= 0.3 is 0 Å². The topological polar surface area (TPSA) is 75.2 Å². The van der Waals surface area contributed by atoms with Gasteiger partial charge in [0.25, 0.3) is 0 Å². The molecule has 6 heteroatoms. The fourth-order valence-corrected chi connectivity index (χ4v) is 2.19. The first-order valence-electron chi connectivity index (χ1n) is 6.32. The minimum Gasteiger partial charge on any atom is -0.350 e. The molecule has 6 nitrogen and oxygen atoms in total. The Morgan fingerprint density at radius 3 is 2.84 bits per heavy atom. The van der Waals surface area contributed by atoms with Crippen molar-refractivity contribution in [2.24, 2.45) is 0 Å². The summed E-state index contributed by atoms with van der Waals surface area (Å²) in [5.41, 5.74) is 1.21. The second kappa shape index (κ2) is 5.34. The Morgan fingerprint density at radius 2 is 2.26 bits per heavy atom. The van der Waals surface area contributed by atoms with E-state index in [0.717, 1.165) is 6.42 Å². The maximum atomic E-state index is 11.4. The predicted octanol–water partition coefficient (Wildman–Crippen LogP) is 1.02. The molecule has 19 heavy (non-hydrogen) atoms. The molecule has 102 valence electrons. The van der Waals surface area contributed by atoms with Crippen molar-refractivity contribution < 1.29 is 9.59 Å². The zero-order valence-corrected chi connectivity index (χ0v) is 11.4. The summed E-state index contributed by atoms with van der Waals surface area (Å²) in [6, 6.07) is 0.158. The smallest absolute Gasteiger partial charge is 0.223 e. The molecular weight excluding hydrogens is 244 g/mol. The minimum atomic E-state index is -0.0351. The van der Waals surface area contributed by atoms with Crippen molar-refractivity contribution in [1.82, 2.24) is 14.9 Å². The largest absolute Gasteiger partial charge is 0.350 e. The van der Waals surface area contributed by atoms with E-state index in [2.05, 4.69) is 15.3 Å². The van der Waals surface area contributed by atoms with Gasteiger partial charge in [-0.1, -0.05) is 0 Å². The van der Waals surface area contributed by atoms with Crippen LogP contribution in [0.2, 0.25) is 0 Å². The van der Waals surface area contributed by atoms with Crippen LogP contribution in [0.4, 0.5) is 5.95 Å². The first kappa shape index (κ1) is 13.5. The molecule has 1 N–H and O–H groups in total. The zero-order chi connectivity index (χ0) is 14.0. The van der Waals surface area contributed by atoms with Gasteiger partial charge < -0.3 is 10.2 Å². The third-order valence-electron chi connectivity index (χ3n) is 3.32. The van der Waals surface area contributed by atoms with Crippen LogP contribution in [-0.2, 0) is 4.79 Å². The molecule has 1 unspecified atom stereocenters. The van der Waals surface area contributed by atoms with Crippen molar-refractivity contribution in [3.05, 3.63) is 17.5 Å². The Hall–Kier alpha value is -1.98. The van der Waals surface area contributed by atoms with Crippen molar-refractivity contribution in [3.63, 3.8) is 0 Å².